The van der Waals surface area contributed by atoms with Crippen molar-refractivity contribution in [3.63, 3.8) is 0 Å². The number of anilines is 2. The quantitative estimate of drug-likeness (QED) is 0.859. The number of hydrogen-bond donors (Lipinski definition) is 2. The molecule has 1 aromatic heterocycles. The van der Waals surface area contributed by atoms with E-state index in [-0.39, 0.29) is 11.8 Å². The molecule has 0 unspecified atom stereocenters. The number of aromatic nitrogens is 1. The Bertz CT molecular complexity index is 566. The third kappa shape index (κ3) is 2.76. The molecule has 0 radical (unpaired) electrons. The molecule has 0 bridgehead atoms. The van der Waals surface area contributed by atoms with E-state index in [1.165, 1.54) is 11.3 Å². The van der Waals surface area contributed by atoms with Gasteiger partial charge in [0.1, 0.15) is 0 Å². The number of benzene rings is 1. The van der Waals surface area contributed by atoms with Gasteiger partial charge in [0.2, 0.25) is 5.88 Å². The first-order chi connectivity index (χ1) is 8.47. The molecular formula is C13H15ClN2OS. The molecule has 5 heteroatoms. The molecule has 2 N–H and O–H groups in total. The molecule has 1 heterocycles. The van der Waals surface area contributed by atoms with Gasteiger partial charge in [-0.15, -0.1) is 0 Å². The van der Waals surface area contributed by atoms with Gasteiger partial charge in [0, 0.05) is 10.7 Å². The standard InChI is InChI=1S/C13H15ClN2OS/c1-7(2)11-12(17)16-13(18-11)15-10-6-9(14)5-4-8(10)3/h4-7,17H,1-3H3,(H,15,16). The summed E-state index contributed by atoms with van der Waals surface area (Å²) < 4.78 is 0. The number of halogens is 1. The lowest BCUT2D eigenvalue weighted by atomic mass is 10.2. The van der Waals surface area contributed by atoms with Crippen molar-refractivity contribution in [2.75, 3.05) is 5.32 Å². The van der Waals surface area contributed by atoms with Crippen LogP contribution in [0, 0.1) is 6.92 Å². The number of rotatable bonds is 3. The summed E-state index contributed by atoms with van der Waals surface area (Å²) in [5.74, 6) is 0.371. The minimum atomic E-state index is 0.109. The highest BCUT2D eigenvalue weighted by Gasteiger charge is 2.13. The van der Waals surface area contributed by atoms with Gasteiger partial charge in [0.25, 0.3) is 0 Å². The van der Waals surface area contributed by atoms with Gasteiger partial charge in [-0.05, 0) is 30.5 Å². The molecule has 0 aliphatic rings. The van der Waals surface area contributed by atoms with E-state index in [9.17, 15) is 5.11 Å². The van der Waals surface area contributed by atoms with Gasteiger partial charge in [-0.1, -0.05) is 42.9 Å². The molecule has 0 saturated carbocycles. The maximum absolute atomic E-state index is 9.74. The van der Waals surface area contributed by atoms with E-state index in [1.807, 2.05) is 39.0 Å². The van der Waals surface area contributed by atoms with E-state index >= 15 is 0 Å². The summed E-state index contributed by atoms with van der Waals surface area (Å²) in [6, 6.07) is 5.65. The topological polar surface area (TPSA) is 45.2 Å². The zero-order valence-corrected chi connectivity index (χ0v) is 12.1. The number of nitrogens with one attached hydrogen (secondary N) is 1. The maximum atomic E-state index is 9.74. The smallest absolute Gasteiger partial charge is 0.227 e. The molecule has 3 nitrogen and oxygen atoms in total. The number of thiazole rings is 1. The molecular weight excluding hydrogens is 268 g/mol. The predicted octanol–water partition coefficient (Wildman–Crippen LogP) is 4.68. The normalized spacial score (nSPS) is 10.9. The fraction of sp³-hybridized carbons (Fsp3) is 0.308. The Morgan fingerprint density at radius 1 is 1.39 bits per heavy atom. The number of aromatic hydroxyl groups is 1. The van der Waals surface area contributed by atoms with E-state index in [1.54, 1.807) is 0 Å². The number of aryl methyl sites for hydroxylation is 1. The molecule has 0 amide bonds. The Balaban J connectivity index is 2.29. The summed E-state index contributed by atoms with van der Waals surface area (Å²) in [6.07, 6.45) is 0. The molecule has 96 valence electrons. The van der Waals surface area contributed by atoms with E-state index in [0.29, 0.717) is 10.2 Å². The summed E-state index contributed by atoms with van der Waals surface area (Å²) in [6.45, 7) is 6.05. The molecule has 0 atom stereocenters. The van der Waals surface area contributed by atoms with Gasteiger partial charge in [-0.25, -0.2) is 0 Å². The Labute approximate surface area is 115 Å². The second kappa shape index (κ2) is 5.16. The minimum absolute atomic E-state index is 0.109. The van der Waals surface area contributed by atoms with Crippen LogP contribution in [0.25, 0.3) is 0 Å². The first-order valence-electron chi connectivity index (χ1n) is 5.70. The number of nitrogens with zero attached hydrogens (tertiary/aromatic N) is 1. The molecule has 1 aromatic carbocycles. The Hall–Kier alpha value is -1.26. The number of hydrogen-bond acceptors (Lipinski definition) is 4. The summed E-state index contributed by atoms with van der Waals surface area (Å²) in [4.78, 5) is 5.00. The van der Waals surface area contributed by atoms with E-state index in [0.717, 1.165) is 16.1 Å². The summed E-state index contributed by atoms with van der Waals surface area (Å²) >= 11 is 7.43. The molecule has 0 aliphatic heterocycles. The lowest BCUT2D eigenvalue weighted by Crippen LogP contribution is -1.91. The molecule has 18 heavy (non-hydrogen) atoms. The summed E-state index contributed by atoms with van der Waals surface area (Å²) in [7, 11) is 0. The molecule has 0 aliphatic carbocycles. The van der Waals surface area contributed by atoms with Crippen molar-refractivity contribution < 1.29 is 5.11 Å². The van der Waals surface area contributed by atoms with Crippen LogP contribution in [-0.2, 0) is 0 Å². The molecule has 2 rings (SSSR count). The second-order valence-corrected chi connectivity index (χ2v) is 5.91. The van der Waals surface area contributed by atoms with Crippen molar-refractivity contribution in [1.82, 2.24) is 4.98 Å². The second-order valence-electron chi connectivity index (χ2n) is 4.45. The highest BCUT2D eigenvalue weighted by atomic mass is 35.5. The first kappa shape index (κ1) is 13.2. The van der Waals surface area contributed by atoms with Crippen molar-refractivity contribution in [1.29, 1.82) is 0 Å². The third-order valence-corrected chi connectivity index (χ3v) is 4.10. The third-order valence-electron chi connectivity index (χ3n) is 2.60. The van der Waals surface area contributed by atoms with Gasteiger partial charge < -0.3 is 10.4 Å². The van der Waals surface area contributed by atoms with Crippen LogP contribution in [-0.4, -0.2) is 10.1 Å². The van der Waals surface area contributed by atoms with Gasteiger partial charge in [0.05, 0.1) is 4.88 Å². The van der Waals surface area contributed by atoms with Crippen molar-refractivity contribution in [2.24, 2.45) is 0 Å². The van der Waals surface area contributed by atoms with Crippen molar-refractivity contribution in [2.45, 2.75) is 26.7 Å². The predicted molar refractivity (Wildman–Crippen MR) is 77.3 cm³/mol. The zero-order valence-electron chi connectivity index (χ0n) is 10.5. The van der Waals surface area contributed by atoms with Gasteiger partial charge in [0.15, 0.2) is 5.13 Å². The summed E-state index contributed by atoms with van der Waals surface area (Å²) in [5.41, 5.74) is 1.99. The van der Waals surface area contributed by atoms with Gasteiger partial charge in [-0.3, -0.25) is 0 Å². The Kier molecular flexibility index (Phi) is 3.78. The summed E-state index contributed by atoms with van der Waals surface area (Å²) in [5, 5.41) is 14.3. The van der Waals surface area contributed by atoms with Crippen LogP contribution < -0.4 is 5.32 Å². The Morgan fingerprint density at radius 2 is 2.11 bits per heavy atom. The zero-order chi connectivity index (χ0) is 13.3. The fourth-order valence-corrected chi connectivity index (χ4v) is 2.64. The lowest BCUT2D eigenvalue weighted by molar-refractivity contribution is 0.449. The Morgan fingerprint density at radius 3 is 2.72 bits per heavy atom. The minimum Gasteiger partial charge on any atom is -0.492 e. The fourth-order valence-electron chi connectivity index (χ4n) is 1.60. The van der Waals surface area contributed by atoms with Crippen LogP contribution in [0.1, 0.15) is 30.2 Å². The largest absolute Gasteiger partial charge is 0.492 e. The van der Waals surface area contributed by atoms with E-state index in [2.05, 4.69) is 10.3 Å². The average Bonchev–Trinajstić information content (AvgIpc) is 2.65. The van der Waals surface area contributed by atoms with Gasteiger partial charge >= 0.3 is 0 Å². The van der Waals surface area contributed by atoms with Crippen molar-refractivity contribution in [3.8, 4) is 5.88 Å². The van der Waals surface area contributed by atoms with E-state index in [4.69, 9.17) is 11.6 Å². The van der Waals surface area contributed by atoms with Crippen molar-refractivity contribution >= 4 is 33.8 Å². The molecule has 0 saturated heterocycles. The molecule has 0 spiro atoms. The van der Waals surface area contributed by atoms with Crippen LogP contribution in [0.5, 0.6) is 5.88 Å². The SMILES string of the molecule is Cc1ccc(Cl)cc1Nc1nc(O)c(C(C)C)s1. The van der Waals surface area contributed by atoms with Crippen LogP contribution in [0.4, 0.5) is 10.8 Å². The first-order valence-corrected chi connectivity index (χ1v) is 6.89. The monoisotopic (exact) mass is 282 g/mol. The van der Waals surface area contributed by atoms with Crippen LogP contribution >= 0.6 is 22.9 Å². The van der Waals surface area contributed by atoms with Crippen LogP contribution in [0.15, 0.2) is 18.2 Å². The van der Waals surface area contributed by atoms with Crippen molar-refractivity contribution in [3.05, 3.63) is 33.7 Å². The molecule has 2 aromatic rings. The lowest BCUT2D eigenvalue weighted by Gasteiger charge is -2.06. The molecule has 0 fully saturated rings. The van der Waals surface area contributed by atoms with Crippen LogP contribution in [0.2, 0.25) is 5.02 Å². The van der Waals surface area contributed by atoms with E-state index < -0.39 is 0 Å². The van der Waals surface area contributed by atoms with Gasteiger partial charge in [-0.2, -0.15) is 4.98 Å². The highest BCUT2D eigenvalue weighted by molar-refractivity contribution is 7.16. The highest BCUT2D eigenvalue weighted by Crippen LogP contribution is 2.36. The van der Waals surface area contributed by atoms with Crippen LogP contribution in [0.3, 0.4) is 0 Å². The maximum Gasteiger partial charge on any atom is 0.227 e. The average molecular weight is 283 g/mol.